The summed E-state index contributed by atoms with van der Waals surface area (Å²) in [6.45, 7) is 0.509. The first kappa shape index (κ1) is 10.2. The van der Waals surface area contributed by atoms with Gasteiger partial charge < -0.3 is 0 Å². The van der Waals surface area contributed by atoms with E-state index in [1.54, 1.807) is 30.5 Å². The predicted molar refractivity (Wildman–Crippen MR) is 62.9 cm³/mol. The maximum Gasteiger partial charge on any atom is 0.276 e. The van der Waals surface area contributed by atoms with Gasteiger partial charge in [-0.2, -0.15) is 0 Å². The molecule has 1 aliphatic rings. The van der Waals surface area contributed by atoms with Crippen molar-refractivity contribution in [1.29, 1.82) is 0 Å². The minimum Gasteiger partial charge on any atom is -0.269 e. The van der Waals surface area contributed by atoms with Gasteiger partial charge in [-0.3, -0.25) is 15.1 Å². The van der Waals surface area contributed by atoms with Crippen molar-refractivity contribution in [3.05, 3.63) is 45.5 Å². The standard InChI is InChI=1S/C11H9N3O2/c15-14(16)11-4-2-1-3-10(11)5-9-6-12-8-13-7-9/h1-6,8H,7H2. The molecule has 0 atom stereocenters. The highest BCUT2D eigenvalue weighted by molar-refractivity contribution is 5.93. The van der Waals surface area contributed by atoms with E-state index in [-0.39, 0.29) is 5.69 Å². The third-order valence-electron chi connectivity index (χ3n) is 2.14. The number of aliphatic imine (C=N–C) groups is 2. The number of nitro groups is 1. The lowest BCUT2D eigenvalue weighted by Crippen LogP contribution is -1.97. The lowest BCUT2D eigenvalue weighted by Gasteiger charge is -2.01. The van der Waals surface area contributed by atoms with Crippen molar-refractivity contribution in [3.63, 3.8) is 0 Å². The molecule has 80 valence electrons. The Kier molecular flexibility index (Phi) is 2.86. The Morgan fingerprint density at radius 3 is 2.88 bits per heavy atom. The van der Waals surface area contributed by atoms with Crippen LogP contribution in [-0.4, -0.2) is 24.0 Å². The Labute approximate surface area is 92.0 Å². The zero-order chi connectivity index (χ0) is 11.4. The molecule has 0 saturated carbocycles. The van der Waals surface area contributed by atoms with Crippen molar-refractivity contribution in [2.45, 2.75) is 0 Å². The van der Waals surface area contributed by atoms with Crippen LogP contribution in [-0.2, 0) is 0 Å². The molecule has 0 amide bonds. The molecule has 0 unspecified atom stereocenters. The molecule has 0 spiro atoms. The van der Waals surface area contributed by atoms with Crippen LogP contribution in [0.2, 0.25) is 0 Å². The molecular weight excluding hydrogens is 206 g/mol. The van der Waals surface area contributed by atoms with Gasteiger partial charge in [0.25, 0.3) is 5.69 Å². The maximum absolute atomic E-state index is 10.8. The van der Waals surface area contributed by atoms with Crippen LogP contribution in [0, 0.1) is 10.1 Å². The summed E-state index contributed by atoms with van der Waals surface area (Å²) in [4.78, 5) is 18.2. The quantitative estimate of drug-likeness (QED) is 0.560. The molecule has 5 heteroatoms. The fraction of sp³-hybridized carbons (Fsp3) is 0.0909. The Balaban J connectivity index is 2.37. The van der Waals surface area contributed by atoms with Crippen molar-refractivity contribution in [2.24, 2.45) is 9.98 Å². The minimum absolute atomic E-state index is 0.0953. The molecule has 0 saturated heterocycles. The largest absolute Gasteiger partial charge is 0.276 e. The van der Waals surface area contributed by atoms with Crippen LogP contribution in [0.4, 0.5) is 5.69 Å². The van der Waals surface area contributed by atoms with E-state index in [1.165, 1.54) is 12.4 Å². The van der Waals surface area contributed by atoms with E-state index in [0.717, 1.165) is 5.57 Å². The molecule has 1 aromatic rings. The molecule has 2 rings (SSSR count). The molecule has 5 nitrogen and oxygen atoms in total. The first-order valence-electron chi connectivity index (χ1n) is 4.73. The lowest BCUT2D eigenvalue weighted by molar-refractivity contribution is -0.385. The number of nitro benzene ring substituents is 1. The Morgan fingerprint density at radius 2 is 2.19 bits per heavy atom. The summed E-state index contributed by atoms with van der Waals surface area (Å²) in [5.74, 6) is 0. The van der Waals surface area contributed by atoms with Crippen molar-refractivity contribution < 1.29 is 4.92 Å². The van der Waals surface area contributed by atoms with E-state index >= 15 is 0 Å². The average molecular weight is 215 g/mol. The van der Waals surface area contributed by atoms with Crippen LogP contribution >= 0.6 is 0 Å². The van der Waals surface area contributed by atoms with Crippen LogP contribution in [0.1, 0.15) is 5.56 Å². The molecule has 0 aliphatic carbocycles. The molecule has 1 heterocycles. The number of hydrogen-bond acceptors (Lipinski definition) is 4. The lowest BCUT2D eigenvalue weighted by atomic mass is 10.1. The molecular formula is C11H9N3O2. The summed E-state index contributed by atoms with van der Waals surface area (Å²) < 4.78 is 0. The highest BCUT2D eigenvalue weighted by Crippen LogP contribution is 2.20. The first-order chi connectivity index (χ1) is 7.77. The zero-order valence-corrected chi connectivity index (χ0v) is 8.41. The van der Waals surface area contributed by atoms with Gasteiger partial charge in [-0.25, -0.2) is 4.99 Å². The van der Waals surface area contributed by atoms with Crippen LogP contribution < -0.4 is 0 Å². The summed E-state index contributed by atoms with van der Waals surface area (Å²) in [5.41, 5.74) is 1.53. The number of nitrogens with zero attached hydrogens (tertiary/aromatic N) is 3. The Hall–Kier alpha value is -2.30. The summed E-state index contributed by atoms with van der Waals surface area (Å²) in [7, 11) is 0. The van der Waals surface area contributed by atoms with Crippen LogP contribution in [0.25, 0.3) is 6.08 Å². The highest BCUT2D eigenvalue weighted by atomic mass is 16.6. The number of para-hydroxylation sites is 1. The maximum atomic E-state index is 10.8. The van der Waals surface area contributed by atoms with Gasteiger partial charge in [-0.05, 0) is 17.7 Å². The van der Waals surface area contributed by atoms with E-state index in [1.807, 2.05) is 0 Å². The fourth-order valence-electron chi connectivity index (χ4n) is 1.42. The smallest absolute Gasteiger partial charge is 0.269 e. The van der Waals surface area contributed by atoms with Crippen molar-refractivity contribution >= 4 is 24.3 Å². The monoisotopic (exact) mass is 215 g/mol. The normalized spacial score (nSPS) is 16.6. The zero-order valence-electron chi connectivity index (χ0n) is 8.41. The third-order valence-corrected chi connectivity index (χ3v) is 2.14. The van der Waals surface area contributed by atoms with Gasteiger partial charge in [-0.15, -0.1) is 0 Å². The number of rotatable bonds is 2. The first-order valence-corrected chi connectivity index (χ1v) is 4.73. The summed E-state index contributed by atoms with van der Waals surface area (Å²) in [5, 5.41) is 10.8. The van der Waals surface area contributed by atoms with E-state index in [2.05, 4.69) is 9.98 Å². The SMILES string of the molecule is O=[N+]([O-])c1ccccc1C=C1C=NC=NC1. The van der Waals surface area contributed by atoms with Gasteiger partial charge in [-0.1, -0.05) is 12.1 Å². The summed E-state index contributed by atoms with van der Waals surface area (Å²) in [6, 6.07) is 6.60. The summed E-state index contributed by atoms with van der Waals surface area (Å²) in [6.07, 6.45) is 4.86. The molecule has 16 heavy (non-hydrogen) atoms. The average Bonchev–Trinajstić information content (AvgIpc) is 2.31. The van der Waals surface area contributed by atoms with Gasteiger partial charge in [0.2, 0.25) is 0 Å². The molecule has 0 radical (unpaired) electrons. The minimum atomic E-state index is -0.393. The summed E-state index contributed by atoms with van der Waals surface area (Å²) >= 11 is 0. The number of hydrogen-bond donors (Lipinski definition) is 0. The van der Waals surface area contributed by atoms with Gasteiger partial charge in [0.15, 0.2) is 0 Å². The third kappa shape index (κ3) is 2.20. The molecule has 1 aliphatic heterocycles. The van der Waals surface area contributed by atoms with Crippen molar-refractivity contribution in [2.75, 3.05) is 6.54 Å². The van der Waals surface area contributed by atoms with E-state index < -0.39 is 4.92 Å². The molecule has 0 bridgehead atoms. The van der Waals surface area contributed by atoms with Crippen LogP contribution in [0.15, 0.2) is 39.8 Å². The topological polar surface area (TPSA) is 67.9 Å². The predicted octanol–water partition coefficient (Wildman–Crippen LogP) is 2.09. The Bertz CT molecular complexity index is 504. The molecule has 0 fully saturated rings. The number of benzene rings is 1. The van der Waals surface area contributed by atoms with Gasteiger partial charge in [0.05, 0.1) is 17.0 Å². The van der Waals surface area contributed by atoms with Crippen LogP contribution in [0.5, 0.6) is 0 Å². The van der Waals surface area contributed by atoms with Gasteiger partial charge >= 0.3 is 0 Å². The molecule has 0 N–H and O–H groups in total. The van der Waals surface area contributed by atoms with E-state index in [4.69, 9.17) is 0 Å². The van der Waals surface area contributed by atoms with Crippen molar-refractivity contribution in [3.8, 4) is 0 Å². The van der Waals surface area contributed by atoms with Gasteiger partial charge in [0, 0.05) is 12.3 Å². The van der Waals surface area contributed by atoms with Crippen LogP contribution in [0.3, 0.4) is 0 Å². The van der Waals surface area contributed by atoms with Crippen molar-refractivity contribution in [1.82, 2.24) is 0 Å². The van der Waals surface area contributed by atoms with Gasteiger partial charge in [0.1, 0.15) is 6.34 Å². The molecule has 1 aromatic carbocycles. The second kappa shape index (κ2) is 4.48. The van der Waals surface area contributed by atoms with E-state index in [0.29, 0.717) is 12.1 Å². The second-order valence-electron chi connectivity index (χ2n) is 3.27. The Morgan fingerprint density at radius 1 is 1.38 bits per heavy atom. The highest BCUT2D eigenvalue weighted by Gasteiger charge is 2.10. The molecule has 0 aromatic heterocycles. The fourth-order valence-corrected chi connectivity index (χ4v) is 1.42. The van der Waals surface area contributed by atoms with E-state index in [9.17, 15) is 10.1 Å². The second-order valence-corrected chi connectivity index (χ2v) is 3.27.